The maximum Gasteiger partial charge on any atom is 0.246 e. The summed E-state index contributed by atoms with van der Waals surface area (Å²) >= 11 is 0. The zero-order valence-corrected chi connectivity index (χ0v) is 6.89. The summed E-state index contributed by atoms with van der Waals surface area (Å²) in [7, 11) is 0. The summed E-state index contributed by atoms with van der Waals surface area (Å²) in [6.45, 7) is 5.21. The molecule has 0 aromatic carbocycles. The van der Waals surface area contributed by atoms with Gasteiger partial charge in [0.1, 0.15) is 0 Å². The fourth-order valence-corrected chi connectivity index (χ4v) is 1.05. The van der Waals surface area contributed by atoms with Crippen molar-refractivity contribution in [1.82, 2.24) is 10.6 Å². The number of imide groups is 1. The number of amides is 2. The number of carbonyl (C=O) groups is 2. The third kappa shape index (κ3) is 1.40. The molecule has 1 saturated heterocycles. The molecule has 11 heavy (non-hydrogen) atoms. The van der Waals surface area contributed by atoms with E-state index in [-0.39, 0.29) is 17.9 Å². The van der Waals surface area contributed by atoms with Gasteiger partial charge >= 0.3 is 0 Å². The third-order valence-electron chi connectivity index (χ3n) is 1.78. The second-order valence-electron chi connectivity index (χ2n) is 3.31. The smallest absolute Gasteiger partial charge is 0.246 e. The first-order valence-electron chi connectivity index (χ1n) is 3.56. The van der Waals surface area contributed by atoms with Crippen LogP contribution in [0.5, 0.6) is 0 Å². The maximum absolute atomic E-state index is 11.1. The van der Waals surface area contributed by atoms with Crippen LogP contribution in [0.2, 0.25) is 0 Å². The van der Waals surface area contributed by atoms with Gasteiger partial charge in [0.15, 0.2) is 0 Å². The van der Waals surface area contributed by atoms with E-state index in [1.165, 1.54) is 0 Å². The molecule has 1 aliphatic rings. The molecule has 0 bridgehead atoms. The second-order valence-corrected chi connectivity index (χ2v) is 3.31. The van der Waals surface area contributed by atoms with E-state index in [4.69, 9.17) is 0 Å². The summed E-state index contributed by atoms with van der Waals surface area (Å²) in [5.74, 6) is -0.519. The van der Waals surface area contributed by atoms with E-state index in [1.807, 2.05) is 0 Å². The number of nitrogens with one attached hydrogen (secondary N) is 2. The lowest BCUT2D eigenvalue weighted by molar-refractivity contribution is -0.139. The quantitative estimate of drug-likeness (QED) is 0.460. The topological polar surface area (TPSA) is 58.2 Å². The van der Waals surface area contributed by atoms with Crippen LogP contribution in [-0.2, 0) is 9.59 Å². The summed E-state index contributed by atoms with van der Waals surface area (Å²) in [6, 6.07) is -0.289. The zero-order valence-electron chi connectivity index (χ0n) is 6.89. The average Bonchev–Trinajstić information content (AvgIpc) is 1.83. The SMILES string of the molecule is CC1NC(C)(C)C(=O)NC1=O. The molecule has 1 unspecified atom stereocenters. The first-order valence-corrected chi connectivity index (χ1v) is 3.56. The number of carbonyl (C=O) groups excluding carboxylic acids is 2. The van der Waals surface area contributed by atoms with Crippen LogP contribution in [0.25, 0.3) is 0 Å². The highest BCUT2D eigenvalue weighted by molar-refractivity contribution is 6.04. The molecule has 2 amide bonds. The van der Waals surface area contributed by atoms with Crippen molar-refractivity contribution in [3.8, 4) is 0 Å². The molecule has 1 heterocycles. The van der Waals surface area contributed by atoms with E-state index in [1.54, 1.807) is 20.8 Å². The molecule has 0 saturated carbocycles. The number of hydrogen-bond donors (Lipinski definition) is 2. The van der Waals surface area contributed by atoms with E-state index < -0.39 is 5.54 Å². The Labute approximate surface area is 65.3 Å². The number of rotatable bonds is 0. The minimum Gasteiger partial charge on any atom is -0.293 e. The molecule has 1 atom stereocenters. The highest BCUT2D eigenvalue weighted by atomic mass is 16.2. The van der Waals surface area contributed by atoms with Gasteiger partial charge in [-0.2, -0.15) is 0 Å². The third-order valence-corrected chi connectivity index (χ3v) is 1.78. The molecule has 0 aromatic rings. The highest BCUT2D eigenvalue weighted by Crippen LogP contribution is 2.08. The monoisotopic (exact) mass is 156 g/mol. The summed E-state index contributed by atoms with van der Waals surface area (Å²) in [4.78, 5) is 22.0. The van der Waals surface area contributed by atoms with Gasteiger partial charge in [-0.25, -0.2) is 0 Å². The van der Waals surface area contributed by atoms with E-state index in [0.717, 1.165) is 0 Å². The van der Waals surface area contributed by atoms with Crippen LogP contribution in [0.1, 0.15) is 20.8 Å². The van der Waals surface area contributed by atoms with Crippen molar-refractivity contribution in [2.45, 2.75) is 32.4 Å². The van der Waals surface area contributed by atoms with E-state index in [9.17, 15) is 9.59 Å². The Morgan fingerprint density at radius 3 is 2.36 bits per heavy atom. The van der Waals surface area contributed by atoms with E-state index >= 15 is 0 Å². The molecular weight excluding hydrogens is 144 g/mol. The molecule has 1 aliphatic heterocycles. The molecule has 0 aliphatic carbocycles. The summed E-state index contributed by atoms with van der Waals surface area (Å²) < 4.78 is 0. The van der Waals surface area contributed by atoms with Crippen LogP contribution in [0.15, 0.2) is 0 Å². The second kappa shape index (κ2) is 2.30. The molecule has 1 rings (SSSR count). The van der Waals surface area contributed by atoms with Crippen molar-refractivity contribution in [2.75, 3.05) is 0 Å². The molecule has 0 spiro atoms. The van der Waals surface area contributed by atoms with Gasteiger partial charge in [-0.1, -0.05) is 0 Å². The van der Waals surface area contributed by atoms with Crippen molar-refractivity contribution in [1.29, 1.82) is 0 Å². The van der Waals surface area contributed by atoms with Gasteiger partial charge in [0.05, 0.1) is 11.6 Å². The molecule has 62 valence electrons. The van der Waals surface area contributed by atoms with Gasteiger partial charge < -0.3 is 0 Å². The normalized spacial score (nSPS) is 29.9. The Morgan fingerprint density at radius 1 is 1.36 bits per heavy atom. The van der Waals surface area contributed by atoms with Crippen LogP contribution in [-0.4, -0.2) is 23.4 Å². The van der Waals surface area contributed by atoms with Crippen LogP contribution in [0.4, 0.5) is 0 Å². The number of hydrogen-bond acceptors (Lipinski definition) is 3. The Kier molecular flexibility index (Phi) is 1.72. The van der Waals surface area contributed by atoms with Crippen LogP contribution < -0.4 is 10.6 Å². The molecule has 0 radical (unpaired) electrons. The van der Waals surface area contributed by atoms with Gasteiger partial charge in [0, 0.05) is 0 Å². The van der Waals surface area contributed by atoms with Gasteiger partial charge in [0.25, 0.3) is 0 Å². The summed E-state index contributed by atoms with van der Waals surface area (Å²) in [5, 5.41) is 5.17. The molecular formula is C7H12N2O2. The van der Waals surface area contributed by atoms with Crippen molar-refractivity contribution < 1.29 is 9.59 Å². The van der Waals surface area contributed by atoms with E-state index in [2.05, 4.69) is 10.6 Å². The van der Waals surface area contributed by atoms with Crippen molar-refractivity contribution in [2.24, 2.45) is 0 Å². The predicted octanol–water partition coefficient (Wildman–Crippen LogP) is -0.601. The first kappa shape index (κ1) is 8.20. The molecule has 4 heteroatoms. The fourth-order valence-electron chi connectivity index (χ4n) is 1.05. The fraction of sp³-hybridized carbons (Fsp3) is 0.714. The largest absolute Gasteiger partial charge is 0.293 e. The molecule has 4 nitrogen and oxygen atoms in total. The Balaban J connectivity index is 2.79. The highest BCUT2D eigenvalue weighted by Gasteiger charge is 2.37. The van der Waals surface area contributed by atoms with Crippen LogP contribution in [0.3, 0.4) is 0 Å². The maximum atomic E-state index is 11.1. The lowest BCUT2D eigenvalue weighted by Gasteiger charge is -2.33. The van der Waals surface area contributed by atoms with E-state index in [0.29, 0.717) is 0 Å². The lowest BCUT2D eigenvalue weighted by atomic mass is 9.99. The molecule has 1 fully saturated rings. The standard InChI is InChI=1S/C7H12N2O2/c1-4-5(10)8-6(11)7(2,3)9-4/h4,9H,1-3H3,(H,8,10,11). The minimum absolute atomic E-state index is 0.255. The zero-order chi connectivity index (χ0) is 8.65. The Hall–Kier alpha value is -0.900. The van der Waals surface area contributed by atoms with Gasteiger partial charge in [-0.15, -0.1) is 0 Å². The predicted molar refractivity (Wildman–Crippen MR) is 39.8 cm³/mol. The number of piperazine rings is 1. The lowest BCUT2D eigenvalue weighted by Crippen LogP contribution is -2.66. The van der Waals surface area contributed by atoms with Crippen molar-refractivity contribution in [3.05, 3.63) is 0 Å². The van der Waals surface area contributed by atoms with Gasteiger partial charge in [-0.05, 0) is 20.8 Å². The summed E-state index contributed by atoms with van der Waals surface area (Å²) in [6.07, 6.45) is 0. The van der Waals surface area contributed by atoms with Gasteiger partial charge in [-0.3, -0.25) is 20.2 Å². The molecule has 2 N–H and O–H groups in total. The molecule has 0 aromatic heterocycles. The minimum atomic E-state index is -0.632. The van der Waals surface area contributed by atoms with Crippen LogP contribution >= 0.6 is 0 Å². The van der Waals surface area contributed by atoms with Gasteiger partial charge in [0.2, 0.25) is 11.8 Å². The average molecular weight is 156 g/mol. The Morgan fingerprint density at radius 2 is 1.91 bits per heavy atom. The van der Waals surface area contributed by atoms with Crippen molar-refractivity contribution >= 4 is 11.8 Å². The summed E-state index contributed by atoms with van der Waals surface area (Å²) in [5.41, 5.74) is -0.632. The van der Waals surface area contributed by atoms with Crippen LogP contribution in [0, 0.1) is 0 Å². The Bertz CT molecular complexity index is 210. The first-order chi connectivity index (χ1) is 4.93. The van der Waals surface area contributed by atoms with Crippen molar-refractivity contribution in [3.63, 3.8) is 0 Å².